The van der Waals surface area contributed by atoms with Crippen molar-refractivity contribution in [1.29, 1.82) is 0 Å². The first-order valence-electron chi connectivity index (χ1n) is 12.3. The van der Waals surface area contributed by atoms with Crippen LogP contribution in [0.15, 0.2) is 72.8 Å². The van der Waals surface area contributed by atoms with Gasteiger partial charge in [-0.05, 0) is 0 Å². The normalized spacial score (nSPS) is 21.9. The molecule has 214 valence electrons. The number of alkyl halides is 6. The van der Waals surface area contributed by atoms with Gasteiger partial charge in [-0.15, -0.1) is 0 Å². The van der Waals surface area contributed by atoms with Crippen LogP contribution in [0.25, 0.3) is 0 Å². The Morgan fingerprint density at radius 1 is 0.923 bits per heavy atom. The van der Waals surface area contributed by atoms with Gasteiger partial charge in [-0.1, -0.05) is 0 Å². The molecule has 2 aromatic rings. The van der Waals surface area contributed by atoms with Crippen LogP contribution in [-0.2, 0) is 16.9 Å². The van der Waals surface area contributed by atoms with Crippen LogP contribution in [0.1, 0.15) is 68.0 Å². The van der Waals surface area contributed by atoms with Crippen LogP contribution in [0.5, 0.6) is 0 Å². The molecule has 2 aromatic carbocycles. The van der Waals surface area contributed by atoms with Crippen LogP contribution >= 0.6 is 6.04 Å². The van der Waals surface area contributed by atoms with Crippen molar-refractivity contribution in [1.82, 2.24) is 9.34 Å². The van der Waals surface area contributed by atoms with Gasteiger partial charge in [0.25, 0.3) is 0 Å². The number of benzene rings is 2. The minimum absolute atomic E-state index is 0.326. The Bertz CT molecular complexity index is 1200. The van der Waals surface area contributed by atoms with Crippen molar-refractivity contribution < 1.29 is 30.9 Å². The van der Waals surface area contributed by atoms with E-state index in [-0.39, 0.29) is 0 Å². The zero-order valence-corrected chi connectivity index (χ0v) is 25.1. The number of rotatable bonds is 8. The van der Waals surface area contributed by atoms with Crippen LogP contribution in [0.2, 0.25) is 0 Å². The summed E-state index contributed by atoms with van der Waals surface area (Å²) in [7, 11) is 3.47. The maximum absolute atomic E-state index is 13.6. The number of hydrogen-bond donors (Lipinski definition) is 0. The SMILES string of the molecule is C=CC(C)(CCC=C(C)C)OP1(=[Se])N(C)[C@@H](c2cccc(C(F)(F)F)c2)[C@H](c2cccc(C(F)(F)F)c2)N1C. The first kappa shape index (κ1) is 31.9. The second kappa shape index (κ2) is 11.7. The fraction of sp³-hybridized carbons (Fsp3) is 0.429. The molecule has 1 aliphatic rings. The van der Waals surface area contributed by atoms with E-state index in [0.29, 0.717) is 24.0 Å². The monoisotopic (exact) mass is 638 g/mol. The molecular formula is C28H33F6N2OPSe. The van der Waals surface area contributed by atoms with Gasteiger partial charge in [0.05, 0.1) is 0 Å². The summed E-state index contributed by atoms with van der Waals surface area (Å²) < 4.78 is 92.3. The van der Waals surface area contributed by atoms with E-state index < -0.39 is 47.2 Å². The summed E-state index contributed by atoms with van der Waals surface area (Å²) >= 11 is 3.16. The van der Waals surface area contributed by atoms with Gasteiger partial charge in [-0.3, -0.25) is 0 Å². The van der Waals surface area contributed by atoms with Crippen LogP contribution < -0.4 is 0 Å². The van der Waals surface area contributed by atoms with Crippen molar-refractivity contribution >= 4 is 21.1 Å². The molecule has 1 fully saturated rings. The number of likely N-dealkylation sites (N-methyl/N-ethyl adjacent to an activating group) is 2. The molecule has 11 heteroatoms. The van der Waals surface area contributed by atoms with Crippen molar-refractivity contribution in [2.24, 2.45) is 0 Å². The molecule has 0 bridgehead atoms. The minimum atomic E-state index is -4.57. The first-order chi connectivity index (χ1) is 17.9. The van der Waals surface area contributed by atoms with Gasteiger partial charge < -0.3 is 0 Å². The van der Waals surface area contributed by atoms with Gasteiger partial charge in [0.15, 0.2) is 0 Å². The molecule has 0 saturated carbocycles. The maximum atomic E-state index is 13.6. The molecule has 1 saturated heterocycles. The Labute approximate surface area is 233 Å². The average Bonchev–Trinajstić information content (AvgIpc) is 3.03. The fourth-order valence-corrected chi connectivity index (χ4v) is 9.68. The summed E-state index contributed by atoms with van der Waals surface area (Å²) in [6, 6.07) is 5.53. The van der Waals surface area contributed by atoms with E-state index in [1.165, 1.54) is 12.1 Å². The van der Waals surface area contributed by atoms with E-state index in [1.54, 1.807) is 32.3 Å². The van der Waals surface area contributed by atoms with Gasteiger partial charge in [-0.25, -0.2) is 0 Å². The van der Waals surface area contributed by atoms with Gasteiger partial charge in [0.1, 0.15) is 0 Å². The third kappa shape index (κ3) is 6.98. The number of halogens is 6. The van der Waals surface area contributed by atoms with E-state index in [0.717, 1.165) is 29.8 Å². The number of nitrogens with zero attached hydrogens (tertiary/aromatic N) is 2. The van der Waals surface area contributed by atoms with Gasteiger partial charge in [0.2, 0.25) is 0 Å². The number of allylic oxidation sites excluding steroid dienone is 2. The Balaban J connectivity index is 2.16. The molecule has 1 heterocycles. The van der Waals surface area contributed by atoms with E-state index in [4.69, 9.17) is 4.52 Å². The number of hydrogen-bond acceptors (Lipinski definition) is 3. The third-order valence-corrected chi connectivity index (χ3v) is 13.4. The van der Waals surface area contributed by atoms with Crippen molar-refractivity contribution in [3.05, 3.63) is 95.1 Å². The first-order valence-corrected chi connectivity index (χ1v) is 16.1. The topological polar surface area (TPSA) is 15.7 Å². The van der Waals surface area contributed by atoms with E-state index in [9.17, 15) is 26.3 Å². The molecule has 0 radical (unpaired) electrons. The molecule has 3 nitrogen and oxygen atoms in total. The Kier molecular flexibility index (Phi) is 9.53. The quantitative estimate of drug-likeness (QED) is 0.124. The summed E-state index contributed by atoms with van der Waals surface area (Å²) in [6.45, 7) is 9.83. The van der Waals surface area contributed by atoms with Crippen LogP contribution in [0.3, 0.4) is 0 Å². The van der Waals surface area contributed by atoms with Crippen molar-refractivity contribution in [2.75, 3.05) is 14.1 Å². The van der Waals surface area contributed by atoms with Crippen molar-refractivity contribution in [3.8, 4) is 0 Å². The van der Waals surface area contributed by atoms with E-state index in [2.05, 4.69) is 27.8 Å². The van der Waals surface area contributed by atoms with Gasteiger partial charge in [-0.2, -0.15) is 0 Å². The standard InChI is InChI=1S/C28H33F6N2OPSe/c1-7-26(4,16-10-11-19(2)3)37-38(39)35(5)24(20-12-8-14-22(17-20)27(29,30)31)25(36(38)6)21-13-9-15-23(18-21)28(32,33)34/h7-9,11-15,17-18,24-25H,1,10,16H2,2-6H3/t24-,25-,26?/m0/s1. The Hall–Kier alpha value is -1.67. The van der Waals surface area contributed by atoms with Crippen LogP contribution in [0.4, 0.5) is 26.3 Å². The van der Waals surface area contributed by atoms with Gasteiger partial charge >= 0.3 is 234 Å². The molecule has 1 unspecified atom stereocenters. The van der Waals surface area contributed by atoms with Crippen LogP contribution in [0, 0.1) is 0 Å². The Morgan fingerprint density at radius 2 is 1.36 bits per heavy atom. The Morgan fingerprint density at radius 3 is 1.72 bits per heavy atom. The van der Waals surface area contributed by atoms with Crippen molar-refractivity contribution in [2.45, 2.75) is 63.7 Å². The zero-order chi connectivity index (χ0) is 29.4. The molecule has 0 aliphatic carbocycles. The summed E-state index contributed by atoms with van der Waals surface area (Å²) in [5.41, 5.74) is -0.659. The molecule has 39 heavy (non-hydrogen) atoms. The summed E-state index contributed by atoms with van der Waals surface area (Å²) in [4.78, 5) is 0. The van der Waals surface area contributed by atoms with Crippen LogP contribution in [-0.4, -0.2) is 44.1 Å². The average molecular weight is 638 g/mol. The molecule has 1 aliphatic heterocycles. The predicted molar refractivity (Wildman–Crippen MR) is 145 cm³/mol. The molecule has 3 rings (SSSR count). The van der Waals surface area contributed by atoms with E-state index >= 15 is 0 Å². The zero-order valence-electron chi connectivity index (χ0n) is 22.5. The summed E-state index contributed by atoms with van der Waals surface area (Å²) in [5, 5.41) is 0. The second-order valence-electron chi connectivity index (χ2n) is 10.2. The van der Waals surface area contributed by atoms with Crippen molar-refractivity contribution in [3.63, 3.8) is 0 Å². The molecule has 0 aromatic heterocycles. The van der Waals surface area contributed by atoms with Gasteiger partial charge in [0, 0.05) is 0 Å². The molecular weight excluding hydrogens is 604 g/mol. The predicted octanol–water partition coefficient (Wildman–Crippen LogP) is 8.94. The fourth-order valence-electron chi connectivity index (χ4n) is 4.77. The third-order valence-electron chi connectivity index (χ3n) is 6.97. The summed E-state index contributed by atoms with van der Waals surface area (Å²) in [6.07, 6.45) is -4.06. The molecule has 0 spiro atoms. The van der Waals surface area contributed by atoms with E-state index in [1.807, 2.05) is 30.1 Å². The summed E-state index contributed by atoms with van der Waals surface area (Å²) in [5.74, 6) is 0. The molecule has 0 N–H and O–H groups in total. The molecule has 3 atom stereocenters. The molecule has 0 amide bonds. The second-order valence-corrected chi connectivity index (χ2v) is 15.6.